The van der Waals surface area contributed by atoms with Crippen molar-refractivity contribution in [1.82, 2.24) is 19.8 Å². The van der Waals surface area contributed by atoms with Crippen LogP contribution >= 0.6 is 11.3 Å². The summed E-state index contributed by atoms with van der Waals surface area (Å²) in [6.07, 6.45) is 3.44. The van der Waals surface area contributed by atoms with Gasteiger partial charge in [-0.15, -0.1) is 10.2 Å². The maximum absolute atomic E-state index is 6.15. The number of benzene rings is 1. The first-order valence-electron chi connectivity index (χ1n) is 5.79. The van der Waals surface area contributed by atoms with E-state index in [0.717, 1.165) is 22.8 Å². The maximum atomic E-state index is 6.15. The highest BCUT2D eigenvalue weighted by Gasteiger charge is 2.13. The van der Waals surface area contributed by atoms with Crippen LogP contribution in [0, 0.1) is 0 Å². The van der Waals surface area contributed by atoms with Crippen LogP contribution in [-0.2, 0) is 6.42 Å². The standard InChI is InChI=1S/C12H13N5S/c13-10(7-6-9-4-2-1-3-5-9)11-16-17-8-14-15-12(17)18-11/h1-5,8,10H,6-7,13H2. The van der Waals surface area contributed by atoms with Gasteiger partial charge in [0, 0.05) is 0 Å². The van der Waals surface area contributed by atoms with Gasteiger partial charge in [0.1, 0.15) is 11.3 Å². The van der Waals surface area contributed by atoms with Gasteiger partial charge in [0.15, 0.2) is 0 Å². The second-order valence-corrected chi connectivity index (χ2v) is 5.12. The van der Waals surface area contributed by atoms with Gasteiger partial charge in [-0.1, -0.05) is 41.7 Å². The van der Waals surface area contributed by atoms with Crippen LogP contribution in [-0.4, -0.2) is 19.8 Å². The number of nitrogens with two attached hydrogens (primary N) is 1. The van der Waals surface area contributed by atoms with Gasteiger partial charge in [-0.3, -0.25) is 0 Å². The van der Waals surface area contributed by atoms with Crippen molar-refractivity contribution >= 4 is 16.3 Å². The van der Waals surface area contributed by atoms with Crippen LogP contribution < -0.4 is 5.73 Å². The molecule has 0 amide bonds. The molecule has 0 bridgehead atoms. The van der Waals surface area contributed by atoms with E-state index in [4.69, 9.17) is 5.73 Å². The average molecular weight is 259 g/mol. The van der Waals surface area contributed by atoms with Crippen molar-refractivity contribution in [3.05, 3.63) is 47.2 Å². The van der Waals surface area contributed by atoms with E-state index in [0.29, 0.717) is 0 Å². The van der Waals surface area contributed by atoms with Crippen molar-refractivity contribution in [1.29, 1.82) is 0 Å². The van der Waals surface area contributed by atoms with Crippen molar-refractivity contribution < 1.29 is 0 Å². The van der Waals surface area contributed by atoms with Crippen LogP contribution in [0.3, 0.4) is 0 Å². The Labute approximate surface area is 108 Å². The normalized spacial score (nSPS) is 12.9. The highest BCUT2D eigenvalue weighted by molar-refractivity contribution is 7.16. The highest BCUT2D eigenvalue weighted by atomic mass is 32.1. The van der Waals surface area contributed by atoms with E-state index < -0.39 is 0 Å². The zero-order valence-corrected chi connectivity index (χ0v) is 10.5. The molecule has 3 rings (SSSR count). The molecule has 2 heterocycles. The Kier molecular flexibility index (Phi) is 3.04. The van der Waals surface area contributed by atoms with E-state index in [1.807, 2.05) is 18.2 Å². The number of hydrogen-bond donors (Lipinski definition) is 1. The molecular formula is C12H13N5S. The maximum Gasteiger partial charge on any atom is 0.234 e. The molecule has 1 atom stereocenters. The lowest BCUT2D eigenvalue weighted by Gasteiger charge is -2.07. The topological polar surface area (TPSA) is 69.1 Å². The molecule has 5 nitrogen and oxygen atoms in total. The minimum Gasteiger partial charge on any atom is -0.322 e. The molecule has 92 valence electrons. The van der Waals surface area contributed by atoms with Gasteiger partial charge < -0.3 is 5.73 Å². The lowest BCUT2D eigenvalue weighted by molar-refractivity contribution is 0.635. The molecule has 0 saturated heterocycles. The van der Waals surface area contributed by atoms with Gasteiger partial charge in [-0.05, 0) is 18.4 Å². The van der Waals surface area contributed by atoms with Gasteiger partial charge in [-0.2, -0.15) is 9.61 Å². The van der Waals surface area contributed by atoms with Crippen LogP contribution in [0.4, 0.5) is 0 Å². The summed E-state index contributed by atoms with van der Waals surface area (Å²) in [6.45, 7) is 0. The molecule has 0 fully saturated rings. The Hall–Kier alpha value is -1.79. The highest BCUT2D eigenvalue weighted by Crippen LogP contribution is 2.21. The number of aryl methyl sites for hydroxylation is 1. The van der Waals surface area contributed by atoms with Crippen LogP contribution in [0.15, 0.2) is 36.7 Å². The van der Waals surface area contributed by atoms with E-state index in [1.54, 1.807) is 10.8 Å². The van der Waals surface area contributed by atoms with Crippen molar-refractivity contribution in [2.45, 2.75) is 18.9 Å². The molecule has 0 spiro atoms. The first kappa shape index (κ1) is 11.3. The first-order chi connectivity index (χ1) is 8.83. The monoisotopic (exact) mass is 259 g/mol. The molecule has 1 unspecified atom stereocenters. The molecule has 18 heavy (non-hydrogen) atoms. The summed E-state index contributed by atoms with van der Waals surface area (Å²) in [5.74, 6) is 0. The molecule has 0 radical (unpaired) electrons. The quantitative estimate of drug-likeness (QED) is 0.776. The van der Waals surface area contributed by atoms with E-state index in [-0.39, 0.29) is 6.04 Å². The van der Waals surface area contributed by atoms with Gasteiger partial charge in [0.2, 0.25) is 4.96 Å². The first-order valence-corrected chi connectivity index (χ1v) is 6.61. The van der Waals surface area contributed by atoms with E-state index >= 15 is 0 Å². The third-order valence-corrected chi connectivity index (χ3v) is 3.85. The molecule has 3 aromatic rings. The summed E-state index contributed by atoms with van der Waals surface area (Å²) >= 11 is 1.50. The second-order valence-electron chi connectivity index (χ2n) is 4.13. The molecule has 2 aromatic heterocycles. The van der Waals surface area contributed by atoms with Crippen molar-refractivity contribution in [3.63, 3.8) is 0 Å². The van der Waals surface area contributed by atoms with Gasteiger partial charge in [0.25, 0.3) is 0 Å². The fraction of sp³-hybridized carbons (Fsp3) is 0.250. The predicted molar refractivity (Wildman–Crippen MR) is 70.4 cm³/mol. The summed E-state index contributed by atoms with van der Waals surface area (Å²) in [5.41, 5.74) is 7.45. The van der Waals surface area contributed by atoms with Crippen molar-refractivity contribution in [3.8, 4) is 0 Å². The molecule has 0 aliphatic heterocycles. The lowest BCUT2D eigenvalue weighted by atomic mass is 10.1. The molecule has 0 aliphatic rings. The second kappa shape index (κ2) is 4.83. The lowest BCUT2D eigenvalue weighted by Crippen LogP contribution is -2.11. The van der Waals surface area contributed by atoms with Crippen LogP contribution in [0.2, 0.25) is 0 Å². The van der Waals surface area contributed by atoms with E-state index in [2.05, 4.69) is 27.4 Å². The largest absolute Gasteiger partial charge is 0.322 e. The molecule has 0 aliphatic carbocycles. The minimum atomic E-state index is -0.0445. The minimum absolute atomic E-state index is 0.0445. The van der Waals surface area contributed by atoms with Crippen LogP contribution in [0.25, 0.3) is 4.96 Å². The summed E-state index contributed by atoms with van der Waals surface area (Å²) in [4.78, 5) is 0.792. The number of rotatable bonds is 4. The fourth-order valence-electron chi connectivity index (χ4n) is 1.82. The third-order valence-electron chi connectivity index (χ3n) is 2.81. The average Bonchev–Trinajstić information content (AvgIpc) is 2.98. The third kappa shape index (κ3) is 2.25. The number of nitrogens with zero attached hydrogens (tertiary/aromatic N) is 4. The summed E-state index contributed by atoms with van der Waals surface area (Å²) in [7, 11) is 0. The molecule has 6 heteroatoms. The van der Waals surface area contributed by atoms with Gasteiger partial charge in [0.05, 0.1) is 6.04 Å². The Bertz CT molecular complexity index is 602. The summed E-state index contributed by atoms with van der Waals surface area (Å²) < 4.78 is 1.67. The SMILES string of the molecule is NC(CCc1ccccc1)c1nn2cnnc2s1. The molecular weight excluding hydrogens is 246 g/mol. The molecule has 1 aromatic carbocycles. The zero-order chi connectivity index (χ0) is 12.4. The molecule has 0 saturated carbocycles. The zero-order valence-electron chi connectivity index (χ0n) is 9.73. The Morgan fingerprint density at radius 1 is 1.28 bits per heavy atom. The van der Waals surface area contributed by atoms with Crippen molar-refractivity contribution in [2.75, 3.05) is 0 Å². The van der Waals surface area contributed by atoms with Gasteiger partial charge >= 0.3 is 0 Å². The number of aromatic nitrogens is 4. The predicted octanol–water partition coefficient (Wildman–Crippen LogP) is 1.82. The number of fused-ring (bicyclic) bond motifs is 1. The van der Waals surface area contributed by atoms with Gasteiger partial charge in [-0.25, -0.2) is 0 Å². The Morgan fingerprint density at radius 3 is 2.89 bits per heavy atom. The number of hydrogen-bond acceptors (Lipinski definition) is 5. The van der Waals surface area contributed by atoms with Crippen molar-refractivity contribution in [2.24, 2.45) is 5.73 Å². The van der Waals surface area contributed by atoms with E-state index in [1.165, 1.54) is 16.9 Å². The fourth-order valence-corrected chi connectivity index (χ4v) is 2.67. The van der Waals surface area contributed by atoms with Crippen LogP contribution in [0.5, 0.6) is 0 Å². The Balaban J connectivity index is 1.68. The summed E-state index contributed by atoms with van der Waals surface area (Å²) in [5, 5.41) is 13.0. The van der Waals surface area contributed by atoms with E-state index in [9.17, 15) is 0 Å². The van der Waals surface area contributed by atoms with Crippen LogP contribution in [0.1, 0.15) is 23.0 Å². The summed E-state index contributed by atoms with van der Waals surface area (Å²) in [6, 6.07) is 10.3. The smallest absolute Gasteiger partial charge is 0.234 e. The Morgan fingerprint density at radius 2 is 2.11 bits per heavy atom. The molecule has 2 N–H and O–H groups in total.